The summed E-state index contributed by atoms with van der Waals surface area (Å²) in [4.78, 5) is 21.6. The largest absolute Gasteiger partial charge is 0.376 e. The quantitative estimate of drug-likeness (QED) is 0.769. The van der Waals surface area contributed by atoms with Crippen LogP contribution in [0.4, 0.5) is 5.69 Å². The summed E-state index contributed by atoms with van der Waals surface area (Å²) in [5.41, 5.74) is 1.63. The van der Waals surface area contributed by atoms with Crippen LogP contribution in [0.3, 0.4) is 0 Å². The van der Waals surface area contributed by atoms with E-state index >= 15 is 0 Å². The highest BCUT2D eigenvalue weighted by atomic mass is 16.5. The molecule has 1 N–H and O–H groups in total. The predicted octanol–water partition coefficient (Wildman–Crippen LogP) is 2.54. The summed E-state index contributed by atoms with van der Waals surface area (Å²) in [7, 11) is 0. The average Bonchev–Trinajstić information content (AvgIpc) is 3.22. The summed E-state index contributed by atoms with van der Waals surface area (Å²) in [6, 6.07) is 5.66. The van der Waals surface area contributed by atoms with Gasteiger partial charge in [-0.2, -0.15) is 4.98 Å². The van der Waals surface area contributed by atoms with E-state index in [1.165, 1.54) is 0 Å². The molecule has 7 nitrogen and oxygen atoms in total. The van der Waals surface area contributed by atoms with E-state index in [0.29, 0.717) is 23.7 Å². The number of aryl methyl sites for hydroxylation is 1. The lowest BCUT2D eigenvalue weighted by atomic mass is 10.1. The number of nitrogens with one attached hydrogen (secondary N) is 1. The van der Waals surface area contributed by atoms with Gasteiger partial charge in [0.15, 0.2) is 5.82 Å². The maximum Gasteiger partial charge on any atom is 0.261 e. The molecule has 0 amide bonds. The molecule has 2 aromatic heterocycles. The SMILES string of the molecule is CC(C)Cc1noc(CNc2ccc3nc4n(c(=O)c3c2)CCC4)n1. The van der Waals surface area contributed by atoms with Crippen LogP contribution >= 0.6 is 0 Å². The van der Waals surface area contributed by atoms with Crippen LogP contribution < -0.4 is 10.9 Å². The third-order valence-electron chi connectivity index (χ3n) is 4.36. The first kappa shape index (κ1) is 15.8. The Balaban J connectivity index is 1.54. The van der Waals surface area contributed by atoms with Crippen molar-refractivity contribution in [2.24, 2.45) is 5.92 Å². The lowest BCUT2D eigenvalue weighted by Gasteiger charge is -2.07. The predicted molar refractivity (Wildman–Crippen MR) is 94.5 cm³/mol. The van der Waals surface area contributed by atoms with Crippen LogP contribution in [0.25, 0.3) is 10.9 Å². The molecule has 3 aromatic rings. The topological polar surface area (TPSA) is 85.8 Å². The van der Waals surface area contributed by atoms with Gasteiger partial charge in [-0.25, -0.2) is 4.98 Å². The number of hydrogen-bond donors (Lipinski definition) is 1. The lowest BCUT2D eigenvalue weighted by Crippen LogP contribution is -2.21. The molecule has 0 aliphatic carbocycles. The Morgan fingerprint density at radius 1 is 1.32 bits per heavy atom. The van der Waals surface area contributed by atoms with Crippen molar-refractivity contribution >= 4 is 16.6 Å². The Hall–Kier alpha value is -2.70. The van der Waals surface area contributed by atoms with Gasteiger partial charge in [-0.1, -0.05) is 19.0 Å². The highest BCUT2D eigenvalue weighted by Gasteiger charge is 2.16. The maximum absolute atomic E-state index is 12.6. The van der Waals surface area contributed by atoms with Crippen LogP contribution in [0.1, 0.15) is 37.8 Å². The number of fused-ring (bicyclic) bond motifs is 2. The Labute approximate surface area is 145 Å². The molecule has 0 radical (unpaired) electrons. The maximum atomic E-state index is 12.6. The zero-order valence-corrected chi connectivity index (χ0v) is 14.5. The third kappa shape index (κ3) is 3.14. The Morgan fingerprint density at radius 2 is 2.20 bits per heavy atom. The Morgan fingerprint density at radius 3 is 3.04 bits per heavy atom. The van der Waals surface area contributed by atoms with Gasteiger partial charge in [0.05, 0.1) is 17.4 Å². The van der Waals surface area contributed by atoms with E-state index in [0.717, 1.165) is 48.7 Å². The summed E-state index contributed by atoms with van der Waals surface area (Å²) >= 11 is 0. The molecule has 1 aliphatic heterocycles. The molecule has 0 fully saturated rings. The van der Waals surface area contributed by atoms with Gasteiger partial charge in [-0.05, 0) is 30.5 Å². The molecule has 7 heteroatoms. The van der Waals surface area contributed by atoms with Crippen LogP contribution in [-0.4, -0.2) is 19.7 Å². The van der Waals surface area contributed by atoms with E-state index in [1.54, 1.807) is 4.57 Å². The second kappa shape index (κ2) is 6.31. The molecular weight excluding hydrogens is 318 g/mol. The summed E-state index contributed by atoms with van der Waals surface area (Å²) in [5, 5.41) is 7.87. The summed E-state index contributed by atoms with van der Waals surface area (Å²) in [5.74, 6) is 2.64. The number of nitrogens with zero attached hydrogens (tertiary/aromatic N) is 4. The normalized spacial score (nSPS) is 13.6. The van der Waals surface area contributed by atoms with E-state index in [2.05, 4.69) is 34.3 Å². The minimum absolute atomic E-state index is 0.0400. The van der Waals surface area contributed by atoms with Gasteiger partial charge in [-0.3, -0.25) is 9.36 Å². The minimum Gasteiger partial charge on any atom is -0.376 e. The number of hydrogen-bond acceptors (Lipinski definition) is 6. The van der Waals surface area contributed by atoms with Crippen molar-refractivity contribution < 1.29 is 4.52 Å². The zero-order chi connectivity index (χ0) is 17.4. The van der Waals surface area contributed by atoms with E-state index in [1.807, 2.05) is 18.2 Å². The van der Waals surface area contributed by atoms with Crippen molar-refractivity contribution in [2.75, 3.05) is 5.32 Å². The summed E-state index contributed by atoms with van der Waals surface area (Å²) in [6.07, 6.45) is 2.66. The molecule has 0 atom stereocenters. The molecule has 4 rings (SSSR count). The van der Waals surface area contributed by atoms with Crippen LogP contribution in [0.5, 0.6) is 0 Å². The standard InChI is InChI=1S/C18H21N5O2/c1-11(2)8-15-21-17(25-22-15)10-19-12-5-6-14-13(9-12)18(24)23-7-3-4-16(23)20-14/h5-6,9,11,19H,3-4,7-8,10H2,1-2H3. The first-order valence-corrected chi connectivity index (χ1v) is 8.69. The molecular formula is C18H21N5O2. The van der Waals surface area contributed by atoms with Crippen molar-refractivity contribution in [3.63, 3.8) is 0 Å². The first-order chi connectivity index (χ1) is 12.1. The monoisotopic (exact) mass is 339 g/mol. The second-order valence-corrected chi connectivity index (χ2v) is 6.88. The molecule has 0 spiro atoms. The number of aromatic nitrogens is 4. The minimum atomic E-state index is 0.0400. The lowest BCUT2D eigenvalue weighted by molar-refractivity contribution is 0.375. The molecule has 130 valence electrons. The van der Waals surface area contributed by atoms with Gasteiger partial charge in [0.2, 0.25) is 5.89 Å². The molecule has 1 aromatic carbocycles. The van der Waals surface area contributed by atoms with Crippen LogP contribution in [0.2, 0.25) is 0 Å². The van der Waals surface area contributed by atoms with E-state index < -0.39 is 0 Å². The first-order valence-electron chi connectivity index (χ1n) is 8.69. The molecule has 0 bridgehead atoms. The van der Waals surface area contributed by atoms with Crippen molar-refractivity contribution in [2.45, 2.75) is 46.2 Å². The van der Waals surface area contributed by atoms with Gasteiger partial charge in [0.1, 0.15) is 5.82 Å². The number of rotatable bonds is 5. The van der Waals surface area contributed by atoms with Gasteiger partial charge < -0.3 is 9.84 Å². The van der Waals surface area contributed by atoms with Crippen molar-refractivity contribution in [3.05, 3.63) is 46.1 Å². The molecule has 0 saturated heterocycles. The van der Waals surface area contributed by atoms with Crippen LogP contribution in [-0.2, 0) is 25.9 Å². The molecule has 0 saturated carbocycles. The van der Waals surface area contributed by atoms with Crippen molar-refractivity contribution in [3.8, 4) is 0 Å². The fourth-order valence-corrected chi connectivity index (χ4v) is 3.18. The van der Waals surface area contributed by atoms with Crippen LogP contribution in [0.15, 0.2) is 27.5 Å². The summed E-state index contributed by atoms with van der Waals surface area (Å²) < 4.78 is 7.04. The van der Waals surface area contributed by atoms with Gasteiger partial charge in [-0.15, -0.1) is 0 Å². The fourth-order valence-electron chi connectivity index (χ4n) is 3.18. The second-order valence-electron chi connectivity index (χ2n) is 6.88. The van der Waals surface area contributed by atoms with Gasteiger partial charge in [0, 0.05) is 25.1 Å². The third-order valence-corrected chi connectivity index (χ3v) is 4.36. The molecule has 0 unspecified atom stereocenters. The number of anilines is 1. The van der Waals surface area contributed by atoms with Gasteiger partial charge >= 0.3 is 0 Å². The van der Waals surface area contributed by atoms with E-state index in [9.17, 15) is 4.79 Å². The van der Waals surface area contributed by atoms with Gasteiger partial charge in [0.25, 0.3) is 5.56 Å². The van der Waals surface area contributed by atoms with Crippen molar-refractivity contribution in [1.29, 1.82) is 0 Å². The molecule has 1 aliphatic rings. The average molecular weight is 339 g/mol. The van der Waals surface area contributed by atoms with E-state index in [-0.39, 0.29) is 5.56 Å². The highest BCUT2D eigenvalue weighted by Crippen LogP contribution is 2.19. The van der Waals surface area contributed by atoms with Crippen molar-refractivity contribution in [1.82, 2.24) is 19.7 Å². The Bertz CT molecular complexity index is 973. The molecule has 3 heterocycles. The van der Waals surface area contributed by atoms with E-state index in [4.69, 9.17) is 4.52 Å². The fraction of sp³-hybridized carbons (Fsp3) is 0.444. The zero-order valence-electron chi connectivity index (χ0n) is 14.5. The Kier molecular flexibility index (Phi) is 3.99. The highest BCUT2D eigenvalue weighted by molar-refractivity contribution is 5.81. The smallest absolute Gasteiger partial charge is 0.261 e. The van der Waals surface area contributed by atoms with Crippen LogP contribution in [0, 0.1) is 5.92 Å². The number of benzene rings is 1. The molecule has 25 heavy (non-hydrogen) atoms. The summed E-state index contributed by atoms with van der Waals surface area (Å²) in [6.45, 7) is 5.42.